The van der Waals surface area contributed by atoms with Crippen LogP contribution in [-0.4, -0.2) is 14.8 Å². The average Bonchev–Trinajstić information content (AvgIpc) is 2.59. The van der Waals surface area contributed by atoms with Gasteiger partial charge in [-0.1, -0.05) is 0 Å². The zero-order valence-electron chi connectivity index (χ0n) is 11.5. The number of halogens is 1. The molecule has 0 atom stereocenters. The first-order chi connectivity index (χ1) is 10.4. The van der Waals surface area contributed by atoms with Crippen LogP contribution in [0.25, 0.3) is 0 Å². The molecular formula is C19H15AsCl. The zero-order chi connectivity index (χ0) is 14.5. The minimum absolute atomic E-state index is 0.220. The third-order valence-corrected chi connectivity index (χ3v) is 7.18. The van der Waals surface area contributed by atoms with E-state index in [1.54, 1.807) is 0 Å². The molecule has 0 aliphatic rings. The molecule has 2 heteroatoms. The van der Waals surface area contributed by atoms with Gasteiger partial charge in [0.1, 0.15) is 0 Å². The van der Waals surface area contributed by atoms with Crippen LogP contribution in [0.4, 0.5) is 0 Å². The topological polar surface area (TPSA) is 0 Å². The molecular weight excluding hydrogens is 339 g/mol. The van der Waals surface area contributed by atoms with Gasteiger partial charge in [-0.15, -0.1) is 0 Å². The quantitative estimate of drug-likeness (QED) is 0.465. The number of hydrogen-bond donors (Lipinski definition) is 0. The van der Waals surface area contributed by atoms with E-state index in [4.69, 9.17) is 9.95 Å². The summed E-state index contributed by atoms with van der Waals surface area (Å²) in [5, 5.41) is 0. The summed E-state index contributed by atoms with van der Waals surface area (Å²) in [4.78, 5) is 0. The van der Waals surface area contributed by atoms with Crippen LogP contribution in [0, 0.1) is 0 Å². The molecule has 0 aromatic heterocycles. The van der Waals surface area contributed by atoms with E-state index in [1.807, 2.05) is 0 Å². The van der Waals surface area contributed by atoms with E-state index in [1.165, 1.54) is 16.7 Å². The van der Waals surface area contributed by atoms with Crippen LogP contribution in [0.15, 0.2) is 91.0 Å². The SMILES string of the molecule is Cl[As]C(c1ccccc1)(c1ccccc1)c1ccccc1. The maximum absolute atomic E-state index is 6.62. The fourth-order valence-corrected chi connectivity index (χ4v) is 5.76. The van der Waals surface area contributed by atoms with Crippen molar-refractivity contribution in [1.82, 2.24) is 0 Å². The van der Waals surface area contributed by atoms with Gasteiger partial charge in [-0.2, -0.15) is 0 Å². The first-order valence-corrected chi connectivity index (χ1v) is 10.3. The Morgan fingerprint density at radius 1 is 0.524 bits per heavy atom. The number of benzene rings is 3. The summed E-state index contributed by atoms with van der Waals surface area (Å²) in [6.45, 7) is 0. The molecule has 0 bridgehead atoms. The van der Waals surface area contributed by atoms with Crippen molar-refractivity contribution >= 4 is 24.8 Å². The van der Waals surface area contributed by atoms with Gasteiger partial charge in [0.2, 0.25) is 0 Å². The summed E-state index contributed by atoms with van der Waals surface area (Å²) in [6.07, 6.45) is 0. The Bertz CT molecular complexity index is 584. The van der Waals surface area contributed by atoms with E-state index in [-0.39, 0.29) is 4.20 Å². The molecule has 3 aromatic carbocycles. The Labute approximate surface area is 136 Å². The van der Waals surface area contributed by atoms with E-state index >= 15 is 0 Å². The molecule has 0 N–H and O–H groups in total. The van der Waals surface area contributed by atoms with Gasteiger partial charge < -0.3 is 0 Å². The van der Waals surface area contributed by atoms with E-state index in [0.29, 0.717) is 0 Å². The molecule has 0 aliphatic heterocycles. The standard InChI is InChI=1S/C19H15AsCl/c21-20-19(16-10-4-1-5-11-16,17-12-6-2-7-13-17)18-14-8-3-9-15-18/h1-15H. The molecule has 3 aromatic rings. The fourth-order valence-electron chi connectivity index (χ4n) is 2.68. The van der Waals surface area contributed by atoms with E-state index < -0.39 is 14.8 Å². The monoisotopic (exact) mass is 353 g/mol. The van der Waals surface area contributed by atoms with Crippen LogP contribution >= 0.6 is 9.95 Å². The van der Waals surface area contributed by atoms with Crippen molar-refractivity contribution in [1.29, 1.82) is 0 Å². The predicted octanol–water partition coefficient (Wildman–Crippen LogP) is 4.84. The van der Waals surface area contributed by atoms with Gasteiger partial charge in [-0.3, -0.25) is 0 Å². The summed E-state index contributed by atoms with van der Waals surface area (Å²) in [5.41, 5.74) is 3.78. The van der Waals surface area contributed by atoms with Crippen molar-refractivity contribution in [2.24, 2.45) is 0 Å². The zero-order valence-corrected chi connectivity index (χ0v) is 14.1. The van der Waals surface area contributed by atoms with Crippen molar-refractivity contribution < 1.29 is 0 Å². The van der Waals surface area contributed by atoms with Gasteiger partial charge >= 0.3 is 137 Å². The van der Waals surface area contributed by atoms with E-state index in [0.717, 1.165) is 0 Å². The molecule has 0 aliphatic carbocycles. The maximum atomic E-state index is 6.62. The Balaban J connectivity index is 2.29. The fraction of sp³-hybridized carbons (Fsp3) is 0.0526. The van der Waals surface area contributed by atoms with Crippen molar-refractivity contribution in [3.63, 3.8) is 0 Å². The van der Waals surface area contributed by atoms with Gasteiger partial charge in [-0.25, -0.2) is 0 Å². The summed E-state index contributed by atoms with van der Waals surface area (Å²) < 4.78 is -0.220. The van der Waals surface area contributed by atoms with Crippen LogP contribution in [0.5, 0.6) is 0 Å². The van der Waals surface area contributed by atoms with Gasteiger partial charge in [0.25, 0.3) is 0 Å². The summed E-state index contributed by atoms with van der Waals surface area (Å²) in [6, 6.07) is 31.7. The van der Waals surface area contributed by atoms with Gasteiger partial charge in [0.05, 0.1) is 0 Å². The Hall–Kier alpha value is -1.49. The molecule has 3 rings (SSSR count). The van der Waals surface area contributed by atoms with Gasteiger partial charge in [-0.05, 0) is 0 Å². The van der Waals surface area contributed by atoms with E-state index in [9.17, 15) is 0 Å². The second-order valence-electron chi connectivity index (χ2n) is 4.89. The van der Waals surface area contributed by atoms with Gasteiger partial charge in [0.15, 0.2) is 0 Å². The molecule has 0 spiro atoms. The number of rotatable bonds is 4. The van der Waals surface area contributed by atoms with Crippen molar-refractivity contribution in [3.05, 3.63) is 108 Å². The second-order valence-corrected chi connectivity index (χ2v) is 7.53. The summed E-state index contributed by atoms with van der Waals surface area (Å²) >= 11 is -0.444. The minimum atomic E-state index is -0.444. The molecule has 0 heterocycles. The van der Waals surface area contributed by atoms with Crippen molar-refractivity contribution in [2.75, 3.05) is 0 Å². The third kappa shape index (κ3) is 2.66. The van der Waals surface area contributed by atoms with Crippen LogP contribution in [0.3, 0.4) is 0 Å². The van der Waals surface area contributed by atoms with Crippen molar-refractivity contribution in [3.8, 4) is 0 Å². The molecule has 21 heavy (non-hydrogen) atoms. The third-order valence-electron chi connectivity index (χ3n) is 3.70. The Kier molecular flexibility index (Phi) is 4.48. The Morgan fingerprint density at radius 3 is 1.05 bits per heavy atom. The van der Waals surface area contributed by atoms with Crippen LogP contribution in [0.2, 0.25) is 0 Å². The van der Waals surface area contributed by atoms with Crippen LogP contribution in [-0.2, 0) is 4.20 Å². The number of hydrogen-bond acceptors (Lipinski definition) is 0. The second kappa shape index (κ2) is 6.52. The molecule has 103 valence electrons. The van der Waals surface area contributed by atoms with Crippen LogP contribution in [0.1, 0.15) is 16.7 Å². The Morgan fingerprint density at radius 2 is 0.810 bits per heavy atom. The average molecular weight is 354 g/mol. The molecule has 0 amide bonds. The molecule has 0 unspecified atom stereocenters. The summed E-state index contributed by atoms with van der Waals surface area (Å²) in [5.74, 6) is 0. The molecule has 0 fully saturated rings. The van der Waals surface area contributed by atoms with Gasteiger partial charge in [0, 0.05) is 0 Å². The van der Waals surface area contributed by atoms with E-state index in [2.05, 4.69) is 91.0 Å². The summed E-state index contributed by atoms with van der Waals surface area (Å²) in [7, 11) is 6.62. The first-order valence-electron chi connectivity index (χ1n) is 6.87. The first kappa shape index (κ1) is 14.4. The normalized spacial score (nSPS) is 11.9. The molecule has 0 saturated heterocycles. The van der Waals surface area contributed by atoms with Crippen molar-refractivity contribution in [2.45, 2.75) is 4.20 Å². The molecule has 1 radical (unpaired) electrons. The van der Waals surface area contributed by atoms with Crippen LogP contribution < -0.4 is 0 Å². The molecule has 0 nitrogen and oxygen atoms in total. The molecule has 0 saturated carbocycles. The predicted molar refractivity (Wildman–Crippen MR) is 90.8 cm³/mol.